The Morgan fingerprint density at radius 3 is 2.62 bits per heavy atom. The monoisotopic (exact) mass is 372 g/mol. The number of aliphatic carboxylic acids is 1. The SMILES string of the molecule is COc1cccc2c1CCC2NC(=O)N1C[C@@H](C(F)(F)F)[C@H](C(=O)O)C1. The van der Waals surface area contributed by atoms with E-state index in [4.69, 9.17) is 9.84 Å². The summed E-state index contributed by atoms with van der Waals surface area (Å²) in [5.41, 5.74) is 1.84. The van der Waals surface area contributed by atoms with Crippen LogP contribution in [-0.2, 0) is 11.2 Å². The van der Waals surface area contributed by atoms with Crippen molar-refractivity contribution in [2.24, 2.45) is 11.8 Å². The van der Waals surface area contributed by atoms with Crippen molar-refractivity contribution in [2.75, 3.05) is 20.2 Å². The summed E-state index contributed by atoms with van der Waals surface area (Å²) >= 11 is 0. The molecule has 0 saturated carbocycles. The number of carbonyl (C=O) groups excluding carboxylic acids is 1. The van der Waals surface area contributed by atoms with Crippen LogP contribution in [0.25, 0.3) is 0 Å². The molecule has 6 nitrogen and oxygen atoms in total. The number of carboxylic acids is 1. The number of hydrogen-bond donors (Lipinski definition) is 2. The zero-order valence-corrected chi connectivity index (χ0v) is 14.0. The predicted molar refractivity (Wildman–Crippen MR) is 84.8 cm³/mol. The molecule has 0 radical (unpaired) electrons. The van der Waals surface area contributed by atoms with Crippen LogP contribution in [0.4, 0.5) is 18.0 Å². The van der Waals surface area contributed by atoms with Crippen LogP contribution in [0.5, 0.6) is 5.75 Å². The third-order valence-electron chi connectivity index (χ3n) is 5.09. The molecule has 1 unspecified atom stereocenters. The van der Waals surface area contributed by atoms with E-state index in [-0.39, 0.29) is 6.04 Å². The van der Waals surface area contributed by atoms with E-state index in [9.17, 15) is 22.8 Å². The molecule has 0 aromatic heterocycles. The minimum atomic E-state index is -4.66. The molecular formula is C17H19F3N2O4. The smallest absolute Gasteiger partial charge is 0.394 e. The van der Waals surface area contributed by atoms with Crippen molar-refractivity contribution in [1.82, 2.24) is 10.2 Å². The fourth-order valence-electron chi connectivity index (χ4n) is 3.75. The second kappa shape index (κ2) is 6.69. The summed E-state index contributed by atoms with van der Waals surface area (Å²) in [4.78, 5) is 24.5. The van der Waals surface area contributed by atoms with Crippen molar-refractivity contribution >= 4 is 12.0 Å². The molecule has 1 heterocycles. The first kappa shape index (κ1) is 18.3. The summed E-state index contributed by atoms with van der Waals surface area (Å²) in [6.07, 6.45) is -3.36. The molecule has 1 aliphatic carbocycles. The molecule has 1 saturated heterocycles. The van der Waals surface area contributed by atoms with Crippen LogP contribution in [0.15, 0.2) is 18.2 Å². The number of rotatable bonds is 3. The van der Waals surface area contributed by atoms with Crippen molar-refractivity contribution in [1.29, 1.82) is 0 Å². The van der Waals surface area contributed by atoms with Crippen molar-refractivity contribution in [3.05, 3.63) is 29.3 Å². The van der Waals surface area contributed by atoms with Crippen LogP contribution in [-0.4, -0.2) is 48.4 Å². The van der Waals surface area contributed by atoms with E-state index in [1.807, 2.05) is 12.1 Å². The molecule has 26 heavy (non-hydrogen) atoms. The number of carboxylic acid groups (broad SMARTS) is 1. The van der Waals surface area contributed by atoms with E-state index < -0.39 is 43.1 Å². The first-order valence-corrected chi connectivity index (χ1v) is 8.23. The lowest BCUT2D eigenvalue weighted by Gasteiger charge is -2.22. The summed E-state index contributed by atoms with van der Waals surface area (Å²) in [6.45, 7) is -1.10. The number of alkyl halides is 3. The van der Waals surface area contributed by atoms with Crippen LogP contribution in [0.2, 0.25) is 0 Å². The van der Waals surface area contributed by atoms with E-state index in [0.29, 0.717) is 18.6 Å². The standard InChI is InChI=1S/C17H19F3N2O4/c1-26-14-4-2-3-9-10(14)5-6-13(9)21-16(25)22-7-11(15(23)24)12(8-22)17(18,19)20/h2-4,11-13H,5-8H2,1H3,(H,21,25)(H,23,24)/t11-,12-,13?/m1/s1. The fourth-order valence-corrected chi connectivity index (χ4v) is 3.75. The molecule has 2 N–H and O–H groups in total. The highest BCUT2D eigenvalue weighted by Crippen LogP contribution is 2.39. The third kappa shape index (κ3) is 3.30. The number of fused-ring (bicyclic) bond motifs is 1. The minimum absolute atomic E-state index is 0.333. The van der Waals surface area contributed by atoms with Gasteiger partial charge in [0, 0.05) is 13.1 Å². The number of benzene rings is 1. The van der Waals surface area contributed by atoms with Crippen LogP contribution in [0.3, 0.4) is 0 Å². The number of methoxy groups -OCH3 is 1. The zero-order valence-electron chi connectivity index (χ0n) is 14.0. The maximum atomic E-state index is 13.1. The molecule has 0 bridgehead atoms. The Bertz CT molecular complexity index is 722. The summed E-state index contributed by atoms with van der Waals surface area (Å²) in [5, 5.41) is 11.8. The van der Waals surface area contributed by atoms with Gasteiger partial charge in [0.1, 0.15) is 5.75 Å². The molecule has 9 heteroatoms. The molecule has 1 fully saturated rings. The normalized spacial score (nSPS) is 25.1. The van der Waals surface area contributed by atoms with Gasteiger partial charge in [-0.05, 0) is 30.0 Å². The molecule has 3 rings (SSSR count). The summed E-state index contributed by atoms with van der Waals surface area (Å²) in [5.74, 6) is -4.53. The van der Waals surface area contributed by atoms with Gasteiger partial charge in [-0.25, -0.2) is 4.79 Å². The van der Waals surface area contributed by atoms with Gasteiger partial charge in [0.05, 0.1) is 25.0 Å². The number of nitrogens with zero attached hydrogens (tertiary/aromatic N) is 1. The van der Waals surface area contributed by atoms with Crippen LogP contribution >= 0.6 is 0 Å². The quantitative estimate of drug-likeness (QED) is 0.855. The van der Waals surface area contributed by atoms with Gasteiger partial charge < -0.3 is 20.1 Å². The van der Waals surface area contributed by atoms with Crippen molar-refractivity contribution in [2.45, 2.75) is 25.1 Å². The Labute approximate surface area is 147 Å². The Hall–Kier alpha value is -2.45. The van der Waals surface area contributed by atoms with E-state index in [0.717, 1.165) is 16.0 Å². The molecule has 0 spiro atoms. The molecule has 3 atom stereocenters. The second-order valence-corrected chi connectivity index (χ2v) is 6.57. The molecule has 1 aromatic carbocycles. The first-order chi connectivity index (χ1) is 12.2. The van der Waals surface area contributed by atoms with Gasteiger partial charge in [-0.3, -0.25) is 4.79 Å². The van der Waals surface area contributed by atoms with Crippen molar-refractivity contribution in [3.8, 4) is 5.75 Å². The lowest BCUT2D eigenvalue weighted by Crippen LogP contribution is -2.40. The summed E-state index contributed by atoms with van der Waals surface area (Å²) in [6, 6.07) is 4.44. The Kier molecular flexibility index (Phi) is 4.72. The van der Waals surface area contributed by atoms with Gasteiger partial charge >= 0.3 is 18.2 Å². The van der Waals surface area contributed by atoms with Crippen LogP contribution in [0.1, 0.15) is 23.6 Å². The highest BCUT2D eigenvalue weighted by molar-refractivity contribution is 5.78. The fraction of sp³-hybridized carbons (Fsp3) is 0.529. The number of amides is 2. The second-order valence-electron chi connectivity index (χ2n) is 6.57. The molecule has 1 aliphatic heterocycles. The van der Waals surface area contributed by atoms with Gasteiger partial charge in [0.15, 0.2) is 0 Å². The molecule has 1 aromatic rings. The Morgan fingerprint density at radius 1 is 1.31 bits per heavy atom. The lowest BCUT2D eigenvalue weighted by atomic mass is 9.96. The van der Waals surface area contributed by atoms with E-state index >= 15 is 0 Å². The Balaban J connectivity index is 1.72. The number of urea groups is 1. The average molecular weight is 372 g/mol. The number of halogens is 3. The Morgan fingerprint density at radius 2 is 2.04 bits per heavy atom. The number of carbonyl (C=O) groups is 2. The number of likely N-dealkylation sites (tertiary alicyclic amines) is 1. The molecule has 2 aliphatic rings. The van der Waals surface area contributed by atoms with Crippen molar-refractivity contribution in [3.63, 3.8) is 0 Å². The van der Waals surface area contributed by atoms with Gasteiger partial charge in [-0.15, -0.1) is 0 Å². The maximum absolute atomic E-state index is 13.1. The average Bonchev–Trinajstić information content (AvgIpc) is 3.19. The minimum Gasteiger partial charge on any atom is -0.496 e. The van der Waals surface area contributed by atoms with Gasteiger partial charge in [0.25, 0.3) is 0 Å². The lowest BCUT2D eigenvalue weighted by molar-refractivity contribution is -0.187. The summed E-state index contributed by atoms with van der Waals surface area (Å²) < 4.78 is 44.5. The zero-order chi connectivity index (χ0) is 19.1. The van der Waals surface area contributed by atoms with Crippen molar-refractivity contribution < 1.29 is 32.6 Å². The molecule has 2 amide bonds. The molecule has 142 valence electrons. The van der Waals surface area contributed by atoms with E-state index in [2.05, 4.69) is 5.32 Å². The molecular weight excluding hydrogens is 353 g/mol. The number of ether oxygens (including phenoxy) is 1. The van der Waals surface area contributed by atoms with E-state index in [1.54, 1.807) is 13.2 Å². The largest absolute Gasteiger partial charge is 0.496 e. The van der Waals surface area contributed by atoms with Gasteiger partial charge in [0.2, 0.25) is 0 Å². The van der Waals surface area contributed by atoms with Gasteiger partial charge in [-0.1, -0.05) is 12.1 Å². The van der Waals surface area contributed by atoms with Gasteiger partial charge in [-0.2, -0.15) is 13.2 Å². The predicted octanol–water partition coefficient (Wildman–Crippen LogP) is 2.59. The van der Waals surface area contributed by atoms with E-state index in [1.165, 1.54) is 0 Å². The number of nitrogens with one attached hydrogen (secondary N) is 1. The number of hydrogen-bond acceptors (Lipinski definition) is 3. The van der Waals surface area contributed by atoms with Crippen LogP contribution in [0, 0.1) is 11.8 Å². The first-order valence-electron chi connectivity index (χ1n) is 8.23. The highest BCUT2D eigenvalue weighted by Gasteiger charge is 2.53. The highest BCUT2D eigenvalue weighted by atomic mass is 19.4. The maximum Gasteiger partial charge on any atom is 0.394 e. The summed E-state index contributed by atoms with van der Waals surface area (Å²) in [7, 11) is 1.55. The van der Waals surface area contributed by atoms with Crippen LogP contribution < -0.4 is 10.1 Å². The topological polar surface area (TPSA) is 78.9 Å². The third-order valence-corrected chi connectivity index (χ3v) is 5.09.